The summed E-state index contributed by atoms with van der Waals surface area (Å²) >= 11 is 0. The van der Waals surface area contributed by atoms with E-state index in [1.165, 1.54) is 0 Å². The van der Waals surface area contributed by atoms with E-state index in [1.54, 1.807) is 0 Å². The second-order valence-electron chi connectivity index (χ2n) is 8.87. The molecule has 0 aromatic carbocycles. The van der Waals surface area contributed by atoms with Crippen LogP contribution in [0.5, 0.6) is 0 Å². The predicted octanol–water partition coefficient (Wildman–Crippen LogP) is 6.50. The third-order valence-corrected chi connectivity index (χ3v) is 8.55. The maximum Gasteiger partial charge on any atom is 0.391 e. The van der Waals surface area contributed by atoms with E-state index in [0.717, 1.165) is 50.5 Å². The molecule has 0 aromatic heterocycles. The summed E-state index contributed by atoms with van der Waals surface area (Å²) in [5, 5.41) is -0.362. The lowest BCUT2D eigenvalue weighted by molar-refractivity contribution is -0.184. The van der Waals surface area contributed by atoms with Gasteiger partial charge in [-0.15, -0.1) is 0 Å². The number of rotatable bonds is 9. The van der Waals surface area contributed by atoms with E-state index in [2.05, 4.69) is 24.6 Å². The Morgan fingerprint density at radius 3 is 2.14 bits per heavy atom. The normalized spacial score (nSPS) is 26.4. The molecule has 170 valence electrons. The van der Waals surface area contributed by atoms with Crippen LogP contribution in [0.3, 0.4) is 0 Å². The molecule has 2 fully saturated rings. The standard InChI is InChI=1S/C22H38F3NO2S/c1-3-5-10-17(9-4-2)21(18-13-15-19(16-14-18)22(23,24)25)26-29(27,28)20-11-7-6-8-12-20/h10,18-21,26H,3-9,11-16H2,1-2H3/b17-10-/t18?,19?,21-/m1/s1. The lowest BCUT2D eigenvalue weighted by Crippen LogP contribution is -2.47. The minimum atomic E-state index is -4.15. The van der Waals surface area contributed by atoms with Gasteiger partial charge in [0.2, 0.25) is 10.0 Å². The van der Waals surface area contributed by atoms with Crippen molar-refractivity contribution in [2.24, 2.45) is 11.8 Å². The van der Waals surface area contributed by atoms with Crippen molar-refractivity contribution in [3.05, 3.63) is 11.6 Å². The molecule has 0 aromatic rings. The quantitative estimate of drug-likeness (QED) is 0.418. The van der Waals surface area contributed by atoms with Gasteiger partial charge < -0.3 is 0 Å². The van der Waals surface area contributed by atoms with Gasteiger partial charge in [-0.3, -0.25) is 0 Å². The number of hydrogen-bond donors (Lipinski definition) is 1. The van der Waals surface area contributed by atoms with Gasteiger partial charge >= 0.3 is 6.18 Å². The minimum absolute atomic E-state index is 0.0541. The third-order valence-electron chi connectivity index (χ3n) is 6.62. The average Bonchev–Trinajstić information content (AvgIpc) is 2.70. The Labute approximate surface area is 175 Å². The molecule has 1 atom stereocenters. The van der Waals surface area contributed by atoms with Crippen LogP contribution in [-0.4, -0.2) is 25.9 Å². The molecule has 0 radical (unpaired) electrons. The first-order valence-electron chi connectivity index (χ1n) is 11.5. The van der Waals surface area contributed by atoms with Crippen LogP contribution in [0, 0.1) is 11.8 Å². The molecule has 0 saturated heterocycles. The van der Waals surface area contributed by atoms with Gasteiger partial charge in [-0.2, -0.15) is 13.2 Å². The first-order valence-corrected chi connectivity index (χ1v) is 13.0. The third kappa shape index (κ3) is 7.27. The second-order valence-corrected chi connectivity index (χ2v) is 10.9. The number of nitrogens with one attached hydrogen (secondary N) is 1. The molecule has 0 aliphatic heterocycles. The topological polar surface area (TPSA) is 46.2 Å². The number of unbranched alkanes of at least 4 members (excludes halogenated alkanes) is 1. The number of halogens is 3. The van der Waals surface area contributed by atoms with E-state index in [1.807, 2.05) is 0 Å². The highest BCUT2D eigenvalue weighted by atomic mass is 32.2. The number of hydrogen-bond acceptors (Lipinski definition) is 2. The molecular formula is C22H38F3NO2S. The summed E-state index contributed by atoms with van der Waals surface area (Å²) in [5.41, 5.74) is 1.07. The van der Waals surface area contributed by atoms with Crippen LogP contribution in [0.25, 0.3) is 0 Å². The number of allylic oxidation sites excluding steroid dienone is 1. The van der Waals surface area contributed by atoms with E-state index in [4.69, 9.17) is 0 Å². The lowest BCUT2D eigenvalue weighted by Gasteiger charge is -2.37. The molecule has 1 N–H and O–H groups in total. The fourth-order valence-electron chi connectivity index (χ4n) is 4.91. The highest BCUT2D eigenvalue weighted by Crippen LogP contribution is 2.42. The van der Waals surface area contributed by atoms with Crippen LogP contribution in [0.2, 0.25) is 0 Å². The fraction of sp³-hybridized carbons (Fsp3) is 0.909. The molecule has 0 heterocycles. The van der Waals surface area contributed by atoms with Crippen LogP contribution in [0.1, 0.15) is 97.3 Å². The summed E-state index contributed by atoms with van der Waals surface area (Å²) in [4.78, 5) is 0. The average molecular weight is 438 g/mol. The Morgan fingerprint density at radius 2 is 1.62 bits per heavy atom. The van der Waals surface area contributed by atoms with Gasteiger partial charge in [-0.05, 0) is 57.3 Å². The van der Waals surface area contributed by atoms with Crippen molar-refractivity contribution in [1.29, 1.82) is 0 Å². The molecule has 2 aliphatic rings. The Kier molecular flexibility index (Phi) is 9.52. The highest BCUT2D eigenvalue weighted by Gasteiger charge is 2.43. The maximum atomic E-state index is 13.1. The van der Waals surface area contributed by atoms with Gasteiger partial charge in [0.05, 0.1) is 11.2 Å². The van der Waals surface area contributed by atoms with Crippen molar-refractivity contribution in [2.45, 2.75) is 115 Å². The molecule has 2 aliphatic carbocycles. The van der Waals surface area contributed by atoms with E-state index in [0.29, 0.717) is 25.7 Å². The van der Waals surface area contributed by atoms with E-state index >= 15 is 0 Å². The van der Waals surface area contributed by atoms with E-state index < -0.39 is 22.1 Å². The van der Waals surface area contributed by atoms with E-state index in [9.17, 15) is 21.6 Å². The molecular weight excluding hydrogens is 399 g/mol. The molecule has 0 amide bonds. The van der Waals surface area contributed by atoms with Crippen molar-refractivity contribution in [3.8, 4) is 0 Å². The van der Waals surface area contributed by atoms with Crippen LogP contribution >= 0.6 is 0 Å². The highest BCUT2D eigenvalue weighted by molar-refractivity contribution is 7.90. The van der Waals surface area contributed by atoms with Crippen molar-refractivity contribution >= 4 is 10.0 Å². The van der Waals surface area contributed by atoms with Gasteiger partial charge in [0.1, 0.15) is 0 Å². The largest absolute Gasteiger partial charge is 0.391 e. The molecule has 0 bridgehead atoms. The van der Waals surface area contributed by atoms with Crippen molar-refractivity contribution in [3.63, 3.8) is 0 Å². The predicted molar refractivity (Wildman–Crippen MR) is 112 cm³/mol. The fourth-order valence-corrected chi connectivity index (χ4v) is 6.75. The molecule has 3 nitrogen and oxygen atoms in total. The van der Waals surface area contributed by atoms with Crippen LogP contribution in [0.4, 0.5) is 13.2 Å². The zero-order valence-corrected chi connectivity index (χ0v) is 18.8. The summed E-state index contributed by atoms with van der Waals surface area (Å²) in [7, 11) is -3.48. The minimum Gasteiger partial charge on any atom is -0.212 e. The Bertz CT molecular complexity index is 616. The summed E-state index contributed by atoms with van der Waals surface area (Å²) in [6.45, 7) is 4.14. The van der Waals surface area contributed by atoms with Gasteiger partial charge in [-0.25, -0.2) is 13.1 Å². The molecule has 0 unspecified atom stereocenters. The van der Waals surface area contributed by atoms with E-state index in [-0.39, 0.29) is 30.1 Å². The van der Waals surface area contributed by atoms with Crippen molar-refractivity contribution < 1.29 is 21.6 Å². The first kappa shape index (κ1) is 24.7. The SMILES string of the molecule is CCC/C=C(/CCC)[C@@H](NS(=O)(=O)C1CCCCC1)C1CCC(C(F)(F)F)CC1. The van der Waals surface area contributed by atoms with Crippen LogP contribution in [-0.2, 0) is 10.0 Å². The molecule has 29 heavy (non-hydrogen) atoms. The summed E-state index contributed by atoms with van der Waals surface area (Å²) in [6, 6.07) is -0.359. The smallest absolute Gasteiger partial charge is 0.212 e. The van der Waals surface area contributed by atoms with Crippen LogP contribution in [0.15, 0.2) is 11.6 Å². The number of alkyl halides is 3. The molecule has 2 saturated carbocycles. The summed E-state index contributed by atoms with van der Waals surface area (Å²) in [5.74, 6) is -1.30. The van der Waals surface area contributed by atoms with Gasteiger partial charge in [0.25, 0.3) is 0 Å². The Balaban J connectivity index is 2.21. The van der Waals surface area contributed by atoms with Crippen molar-refractivity contribution in [2.75, 3.05) is 0 Å². The maximum absolute atomic E-state index is 13.1. The molecule has 0 spiro atoms. The molecule has 7 heteroatoms. The van der Waals surface area contributed by atoms with Crippen LogP contribution < -0.4 is 4.72 Å². The molecule has 2 rings (SSSR count). The zero-order chi connectivity index (χ0) is 21.5. The van der Waals surface area contributed by atoms with Gasteiger partial charge in [0, 0.05) is 6.04 Å². The Hall–Kier alpha value is -0.560. The summed E-state index contributed by atoms with van der Waals surface area (Å²) < 4.78 is 68.6. The zero-order valence-electron chi connectivity index (χ0n) is 17.9. The lowest BCUT2D eigenvalue weighted by atomic mass is 9.76. The second kappa shape index (κ2) is 11.2. The van der Waals surface area contributed by atoms with Crippen molar-refractivity contribution in [1.82, 2.24) is 4.72 Å². The summed E-state index contributed by atoms with van der Waals surface area (Å²) in [6.07, 6.45) is 6.87. The number of sulfonamides is 1. The first-order chi connectivity index (χ1) is 13.7. The van der Waals surface area contributed by atoms with Gasteiger partial charge in [0.15, 0.2) is 0 Å². The monoisotopic (exact) mass is 437 g/mol. The Morgan fingerprint density at radius 1 is 1.00 bits per heavy atom. The van der Waals surface area contributed by atoms with Gasteiger partial charge in [-0.1, -0.05) is 57.6 Å².